The Balaban J connectivity index is 2.96. The Morgan fingerprint density at radius 2 is 2.42 bits per heavy atom. The van der Waals surface area contributed by atoms with Gasteiger partial charge < -0.3 is 5.11 Å². The minimum Gasteiger partial charge on any atom is -0.480 e. The molecular formula is C6H7N3O3. The van der Waals surface area contributed by atoms with Crippen molar-refractivity contribution in [2.75, 3.05) is 7.05 Å². The number of hydrogen-bond donors (Lipinski definition) is 2. The lowest BCUT2D eigenvalue weighted by molar-refractivity contribution is -0.137. The molecule has 0 fully saturated rings. The van der Waals surface area contributed by atoms with Gasteiger partial charge >= 0.3 is 12.0 Å². The molecule has 0 saturated heterocycles. The van der Waals surface area contributed by atoms with E-state index in [2.05, 4.69) is 4.99 Å². The summed E-state index contributed by atoms with van der Waals surface area (Å²) < 4.78 is 0. The smallest absolute Gasteiger partial charge is 0.348 e. The van der Waals surface area contributed by atoms with Crippen LogP contribution in [0.4, 0.5) is 4.79 Å². The van der Waals surface area contributed by atoms with Crippen LogP contribution in [0.25, 0.3) is 0 Å². The van der Waals surface area contributed by atoms with E-state index in [9.17, 15) is 9.59 Å². The first-order valence-electron chi connectivity index (χ1n) is 3.17. The molecule has 0 spiro atoms. The summed E-state index contributed by atoms with van der Waals surface area (Å²) in [6.45, 7) is 0. The lowest BCUT2D eigenvalue weighted by Crippen LogP contribution is -2.43. The number of nitrogens with one attached hydrogen (secondary N) is 1. The van der Waals surface area contributed by atoms with Crippen molar-refractivity contribution >= 4 is 24.1 Å². The van der Waals surface area contributed by atoms with Gasteiger partial charge in [-0.1, -0.05) is 0 Å². The van der Waals surface area contributed by atoms with Crippen LogP contribution in [0.15, 0.2) is 4.99 Å². The molecule has 0 aromatic carbocycles. The number of aliphatic carboxylic acids is 1. The van der Waals surface area contributed by atoms with Gasteiger partial charge in [-0.25, -0.2) is 9.79 Å². The number of amides is 2. The first-order valence-corrected chi connectivity index (χ1v) is 3.17. The molecule has 2 amide bonds. The molecule has 6 heteroatoms. The summed E-state index contributed by atoms with van der Waals surface area (Å²) in [5.41, 5.74) is 0. The van der Waals surface area contributed by atoms with Gasteiger partial charge in [0, 0.05) is 13.3 Å². The molecule has 1 unspecified atom stereocenters. The van der Waals surface area contributed by atoms with Crippen molar-refractivity contribution in [3.05, 3.63) is 0 Å². The summed E-state index contributed by atoms with van der Waals surface area (Å²) >= 11 is 0. The number of carbonyl (C=O) groups is 2. The highest BCUT2D eigenvalue weighted by atomic mass is 16.4. The van der Waals surface area contributed by atoms with E-state index in [1.165, 1.54) is 7.05 Å². The highest BCUT2D eigenvalue weighted by molar-refractivity contribution is 6.19. The lowest BCUT2D eigenvalue weighted by Gasteiger charge is -2.21. The molecule has 0 aromatic rings. The number of hydrogen-bond acceptors (Lipinski definition) is 3. The standard InChI is InChI=1S/C6H7N3O3/c1-9-4(7)3(5(10)11)2-8-6(9)12/h2-3,7H,1H3,(H,10,11). The second-order valence-electron chi connectivity index (χ2n) is 2.32. The molecule has 1 heterocycles. The second kappa shape index (κ2) is 2.72. The number of carboxylic acids is 1. The lowest BCUT2D eigenvalue weighted by atomic mass is 10.1. The molecule has 64 valence electrons. The van der Waals surface area contributed by atoms with Crippen molar-refractivity contribution < 1.29 is 14.7 Å². The largest absolute Gasteiger partial charge is 0.480 e. The van der Waals surface area contributed by atoms with Gasteiger partial charge in [-0.15, -0.1) is 0 Å². The summed E-state index contributed by atoms with van der Waals surface area (Å²) in [6, 6.07) is -0.613. The molecule has 6 nitrogen and oxygen atoms in total. The van der Waals surface area contributed by atoms with E-state index < -0.39 is 17.9 Å². The third-order valence-electron chi connectivity index (χ3n) is 1.54. The molecule has 0 aliphatic carbocycles. The SMILES string of the molecule is CN1C(=N)C(C(=O)O)C=NC1=O. The molecule has 1 rings (SSSR count). The fraction of sp³-hybridized carbons (Fsp3) is 0.333. The molecule has 1 atom stereocenters. The molecule has 1 aliphatic heterocycles. The Bertz CT molecular complexity index is 284. The zero-order chi connectivity index (χ0) is 9.30. The van der Waals surface area contributed by atoms with Crippen molar-refractivity contribution in [2.45, 2.75) is 0 Å². The number of aliphatic imine (C=N–C) groups is 1. The monoisotopic (exact) mass is 169 g/mol. The van der Waals surface area contributed by atoms with Crippen LogP contribution in [-0.4, -0.2) is 41.1 Å². The van der Waals surface area contributed by atoms with Gasteiger partial charge in [0.25, 0.3) is 0 Å². The van der Waals surface area contributed by atoms with Crippen LogP contribution >= 0.6 is 0 Å². The molecule has 0 bridgehead atoms. The second-order valence-corrected chi connectivity index (χ2v) is 2.32. The molecular weight excluding hydrogens is 162 g/mol. The van der Waals surface area contributed by atoms with Gasteiger partial charge in [-0.05, 0) is 0 Å². The minimum absolute atomic E-state index is 0.262. The predicted molar refractivity (Wildman–Crippen MR) is 40.5 cm³/mol. The van der Waals surface area contributed by atoms with Crippen LogP contribution in [0.3, 0.4) is 0 Å². The van der Waals surface area contributed by atoms with Gasteiger partial charge in [-0.3, -0.25) is 15.1 Å². The summed E-state index contributed by atoms with van der Waals surface area (Å²) in [5, 5.41) is 15.8. The summed E-state index contributed by atoms with van der Waals surface area (Å²) in [6.07, 6.45) is 0.965. The molecule has 0 aromatic heterocycles. The average molecular weight is 169 g/mol. The van der Waals surface area contributed by atoms with Crippen LogP contribution in [0.2, 0.25) is 0 Å². The predicted octanol–water partition coefficient (Wildman–Crippen LogP) is -0.199. The van der Waals surface area contributed by atoms with E-state index in [0.29, 0.717) is 0 Å². The minimum atomic E-state index is -1.18. The zero-order valence-corrected chi connectivity index (χ0v) is 6.31. The number of carbonyl (C=O) groups excluding carboxylic acids is 1. The van der Waals surface area contributed by atoms with Gasteiger partial charge in [0.1, 0.15) is 11.8 Å². The Hall–Kier alpha value is -1.72. The number of amidine groups is 1. The normalized spacial score (nSPS) is 23.1. The van der Waals surface area contributed by atoms with E-state index in [4.69, 9.17) is 10.5 Å². The fourth-order valence-corrected chi connectivity index (χ4v) is 0.788. The van der Waals surface area contributed by atoms with Crippen LogP contribution in [0.1, 0.15) is 0 Å². The first kappa shape index (κ1) is 8.38. The van der Waals surface area contributed by atoms with Gasteiger partial charge in [-0.2, -0.15) is 0 Å². The Morgan fingerprint density at radius 1 is 1.83 bits per heavy atom. The number of urea groups is 1. The van der Waals surface area contributed by atoms with E-state index in [1.807, 2.05) is 0 Å². The summed E-state index contributed by atoms with van der Waals surface area (Å²) in [7, 11) is 1.32. The summed E-state index contributed by atoms with van der Waals surface area (Å²) in [4.78, 5) is 25.4. The fourth-order valence-electron chi connectivity index (χ4n) is 0.788. The number of nitrogens with zero attached hydrogens (tertiary/aromatic N) is 2. The van der Waals surface area contributed by atoms with Crippen molar-refractivity contribution in [1.82, 2.24) is 4.90 Å². The Morgan fingerprint density at radius 3 is 2.92 bits per heavy atom. The third-order valence-corrected chi connectivity index (χ3v) is 1.54. The summed E-state index contributed by atoms with van der Waals surface area (Å²) in [5.74, 6) is -2.54. The molecule has 0 radical (unpaired) electrons. The highest BCUT2D eigenvalue weighted by Crippen LogP contribution is 2.07. The number of carboxylic acid groups (broad SMARTS) is 1. The van der Waals surface area contributed by atoms with Gasteiger partial charge in [0.15, 0.2) is 0 Å². The van der Waals surface area contributed by atoms with E-state index in [0.717, 1.165) is 11.1 Å². The van der Waals surface area contributed by atoms with Crippen molar-refractivity contribution in [3.8, 4) is 0 Å². The topological polar surface area (TPSA) is 93.8 Å². The van der Waals surface area contributed by atoms with Gasteiger partial charge in [0.2, 0.25) is 0 Å². The number of rotatable bonds is 1. The van der Waals surface area contributed by atoms with Crippen molar-refractivity contribution in [2.24, 2.45) is 10.9 Å². The van der Waals surface area contributed by atoms with Crippen LogP contribution in [0, 0.1) is 11.3 Å². The molecule has 2 N–H and O–H groups in total. The quantitative estimate of drug-likeness (QED) is 0.569. The average Bonchev–Trinajstić information content (AvgIpc) is 2.00. The molecule has 0 saturated carbocycles. The maximum Gasteiger partial charge on any atom is 0.348 e. The van der Waals surface area contributed by atoms with E-state index in [1.54, 1.807) is 0 Å². The van der Waals surface area contributed by atoms with E-state index >= 15 is 0 Å². The molecule has 1 aliphatic rings. The molecule has 12 heavy (non-hydrogen) atoms. The Kier molecular flexibility index (Phi) is 1.90. The third kappa shape index (κ3) is 1.18. The van der Waals surface area contributed by atoms with Crippen molar-refractivity contribution in [1.29, 1.82) is 5.41 Å². The maximum absolute atomic E-state index is 10.8. The maximum atomic E-state index is 10.8. The van der Waals surface area contributed by atoms with Crippen LogP contribution in [-0.2, 0) is 4.79 Å². The highest BCUT2D eigenvalue weighted by Gasteiger charge is 2.30. The Labute approximate surface area is 68.0 Å². The van der Waals surface area contributed by atoms with Gasteiger partial charge in [0.05, 0.1) is 0 Å². The zero-order valence-electron chi connectivity index (χ0n) is 6.31. The van der Waals surface area contributed by atoms with Crippen LogP contribution < -0.4 is 0 Å². The first-order chi connectivity index (χ1) is 5.54. The van der Waals surface area contributed by atoms with Crippen LogP contribution in [0.5, 0.6) is 0 Å². The van der Waals surface area contributed by atoms with E-state index in [-0.39, 0.29) is 5.84 Å². The van der Waals surface area contributed by atoms with Crippen molar-refractivity contribution in [3.63, 3.8) is 0 Å².